The molecule has 0 radical (unpaired) electrons. The van der Waals surface area contributed by atoms with Gasteiger partial charge in [0.2, 0.25) is 0 Å². The summed E-state index contributed by atoms with van der Waals surface area (Å²) in [5.74, 6) is 1.17. The van der Waals surface area contributed by atoms with Crippen LogP contribution >= 0.6 is 0 Å². The summed E-state index contributed by atoms with van der Waals surface area (Å²) in [7, 11) is 0. The van der Waals surface area contributed by atoms with Crippen molar-refractivity contribution < 1.29 is 9.53 Å². The zero-order valence-electron chi connectivity index (χ0n) is 17.5. The molecule has 4 fully saturated rings. The molecule has 0 atom stereocenters. The van der Waals surface area contributed by atoms with Crippen LogP contribution in [-0.2, 0) is 9.53 Å². The van der Waals surface area contributed by atoms with E-state index in [2.05, 4.69) is 13.8 Å². The number of carbonyl (C=O) groups excluding carboxylic acids is 1. The first-order chi connectivity index (χ1) is 12.6. The maximum absolute atomic E-state index is 12.3. The number of esters is 1. The second-order valence-electron chi connectivity index (χ2n) is 9.89. The Bertz CT molecular complexity index is 423. The largest absolute Gasteiger partial charge is 0.465 e. The maximum atomic E-state index is 12.3. The van der Waals surface area contributed by atoms with Gasteiger partial charge in [-0.15, -0.1) is 0 Å². The fraction of sp³-hybridized carbons (Fsp3) is 0.958. The summed E-state index contributed by atoms with van der Waals surface area (Å²) >= 11 is 0. The van der Waals surface area contributed by atoms with Crippen molar-refractivity contribution in [3.63, 3.8) is 0 Å². The van der Waals surface area contributed by atoms with Crippen LogP contribution in [0.15, 0.2) is 0 Å². The van der Waals surface area contributed by atoms with E-state index in [1.807, 2.05) is 0 Å². The van der Waals surface area contributed by atoms with E-state index in [1.54, 1.807) is 0 Å². The highest BCUT2D eigenvalue weighted by atomic mass is 16.5. The minimum atomic E-state index is 0.0941. The molecule has 0 N–H and O–H groups in total. The van der Waals surface area contributed by atoms with Crippen LogP contribution in [0.4, 0.5) is 0 Å². The van der Waals surface area contributed by atoms with Crippen LogP contribution in [0.2, 0.25) is 0 Å². The molecule has 2 heteroatoms. The van der Waals surface area contributed by atoms with Crippen LogP contribution < -0.4 is 0 Å². The molecule has 0 aromatic rings. The highest BCUT2D eigenvalue weighted by Crippen LogP contribution is 2.63. The van der Waals surface area contributed by atoms with Crippen molar-refractivity contribution in [2.75, 3.05) is 6.61 Å². The molecule has 0 amide bonds. The van der Waals surface area contributed by atoms with Gasteiger partial charge < -0.3 is 4.74 Å². The Balaban J connectivity index is 1.45. The average molecular weight is 363 g/mol. The van der Waals surface area contributed by atoms with Gasteiger partial charge in [-0.25, -0.2) is 0 Å². The highest BCUT2D eigenvalue weighted by Gasteiger charge is 2.51. The lowest BCUT2D eigenvalue weighted by Gasteiger charge is -2.58. The highest BCUT2D eigenvalue weighted by molar-refractivity contribution is 5.72. The molecule has 0 aromatic carbocycles. The zero-order chi connectivity index (χ0) is 18.5. The van der Waals surface area contributed by atoms with Gasteiger partial charge in [0.15, 0.2) is 0 Å². The van der Waals surface area contributed by atoms with Crippen molar-refractivity contribution in [3.05, 3.63) is 0 Å². The normalized spacial score (nSPS) is 36.8. The minimum absolute atomic E-state index is 0.0941. The molecule has 0 heterocycles. The van der Waals surface area contributed by atoms with Crippen molar-refractivity contribution in [2.24, 2.45) is 22.7 Å². The summed E-state index contributed by atoms with van der Waals surface area (Å²) in [5, 5.41) is 0. The lowest BCUT2D eigenvalue weighted by molar-refractivity contribution is -0.151. The molecule has 0 spiro atoms. The molecular weight excluding hydrogens is 320 g/mol. The molecule has 2 nitrogen and oxygen atoms in total. The van der Waals surface area contributed by atoms with Gasteiger partial charge in [0, 0.05) is 0 Å². The zero-order valence-corrected chi connectivity index (χ0v) is 17.5. The van der Waals surface area contributed by atoms with Crippen LogP contribution in [0.3, 0.4) is 0 Å². The van der Waals surface area contributed by atoms with Crippen LogP contribution in [0.25, 0.3) is 0 Å². The molecule has 0 aromatic heterocycles. The molecule has 4 aliphatic rings. The third-order valence-corrected chi connectivity index (χ3v) is 8.44. The average Bonchev–Trinajstić information content (AvgIpc) is 2.70. The summed E-state index contributed by atoms with van der Waals surface area (Å²) in [6.45, 7) is 5.09. The van der Waals surface area contributed by atoms with E-state index >= 15 is 0 Å². The summed E-state index contributed by atoms with van der Waals surface area (Å²) in [6, 6.07) is 0. The molecule has 4 rings (SSSR count). The van der Waals surface area contributed by atoms with E-state index in [9.17, 15) is 4.79 Å². The lowest BCUT2D eigenvalue weighted by atomic mass is 9.47. The van der Waals surface area contributed by atoms with Crippen molar-refractivity contribution in [1.29, 1.82) is 0 Å². The van der Waals surface area contributed by atoms with E-state index in [1.165, 1.54) is 77.0 Å². The minimum Gasteiger partial charge on any atom is -0.465 e. The molecule has 2 bridgehead atoms. The van der Waals surface area contributed by atoms with E-state index in [-0.39, 0.29) is 11.9 Å². The van der Waals surface area contributed by atoms with Gasteiger partial charge in [-0.3, -0.25) is 4.79 Å². The standard InChI is InChI=1S/C24H42O2/c1-3-5-7-12-23-13-16-24(17-14-23,18-15-23)21-10-8-20(9-11-21)22(25)26-19-6-4-2/h20-21H,3-19H2,1-2H3. The molecule has 0 unspecified atom stereocenters. The smallest absolute Gasteiger partial charge is 0.308 e. The predicted molar refractivity (Wildman–Crippen MR) is 108 cm³/mol. The van der Waals surface area contributed by atoms with Crippen molar-refractivity contribution >= 4 is 5.97 Å². The van der Waals surface area contributed by atoms with E-state index in [0.29, 0.717) is 12.0 Å². The van der Waals surface area contributed by atoms with Crippen LogP contribution in [-0.4, -0.2) is 12.6 Å². The van der Waals surface area contributed by atoms with E-state index in [4.69, 9.17) is 4.74 Å². The second kappa shape index (κ2) is 9.11. The van der Waals surface area contributed by atoms with Gasteiger partial charge in [0.1, 0.15) is 0 Å². The van der Waals surface area contributed by atoms with E-state index < -0.39 is 0 Å². The molecule has 0 saturated heterocycles. The first-order valence-corrected chi connectivity index (χ1v) is 11.8. The van der Waals surface area contributed by atoms with Gasteiger partial charge in [0.25, 0.3) is 0 Å². The fourth-order valence-corrected chi connectivity index (χ4v) is 6.41. The van der Waals surface area contributed by atoms with Gasteiger partial charge in [-0.2, -0.15) is 0 Å². The van der Waals surface area contributed by atoms with Crippen molar-refractivity contribution in [1.82, 2.24) is 0 Å². The number of unbranched alkanes of at least 4 members (excludes halogenated alkanes) is 3. The third-order valence-electron chi connectivity index (χ3n) is 8.44. The third kappa shape index (κ3) is 4.47. The second-order valence-corrected chi connectivity index (χ2v) is 9.89. The molecule has 0 aliphatic heterocycles. The first-order valence-electron chi connectivity index (χ1n) is 11.8. The van der Waals surface area contributed by atoms with Crippen LogP contribution in [0, 0.1) is 22.7 Å². The Hall–Kier alpha value is -0.530. The van der Waals surface area contributed by atoms with Gasteiger partial charge in [-0.05, 0) is 93.8 Å². The summed E-state index contributed by atoms with van der Waals surface area (Å²) in [6.07, 6.45) is 21.5. The Labute approximate surface area is 161 Å². The molecular formula is C24H42O2. The van der Waals surface area contributed by atoms with E-state index in [0.717, 1.165) is 37.0 Å². The maximum Gasteiger partial charge on any atom is 0.308 e. The molecule has 4 aliphatic carbocycles. The van der Waals surface area contributed by atoms with Crippen LogP contribution in [0.5, 0.6) is 0 Å². The Morgan fingerprint density at radius 2 is 1.46 bits per heavy atom. The molecule has 4 saturated carbocycles. The summed E-state index contributed by atoms with van der Waals surface area (Å²) in [5.41, 5.74) is 1.36. The van der Waals surface area contributed by atoms with Crippen LogP contribution in [0.1, 0.15) is 117 Å². The lowest BCUT2D eigenvalue weighted by Crippen LogP contribution is -2.46. The fourth-order valence-electron chi connectivity index (χ4n) is 6.41. The molecule has 26 heavy (non-hydrogen) atoms. The van der Waals surface area contributed by atoms with Gasteiger partial charge in [-0.1, -0.05) is 39.5 Å². The summed E-state index contributed by atoms with van der Waals surface area (Å²) < 4.78 is 5.48. The summed E-state index contributed by atoms with van der Waals surface area (Å²) in [4.78, 5) is 12.3. The van der Waals surface area contributed by atoms with Gasteiger partial charge in [0.05, 0.1) is 12.5 Å². The number of fused-ring (bicyclic) bond motifs is 3. The van der Waals surface area contributed by atoms with Gasteiger partial charge >= 0.3 is 5.97 Å². The Morgan fingerprint density at radius 1 is 0.846 bits per heavy atom. The monoisotopic (exact) mass is 362 g/mol. The number of rotatable bonds is 9. The first kappa shape index (κ1) is 20.2. The van der Waals surface area contributed by atoms with Crippen molar-refractivity contribution in [3.8, 4) is 0 Å². The quantitative estimate of drug-likeness (QED) is 0.324. The van der Waals surface area contributed by atoms with Crippen molar-refractivity contribution in [2.45, 2.75) is 117 Å². The number of carbonyl (C=O) groups is 1. The predicted octanol–water partition coefficient (Wildman–Crippen LogP) is 7.06. The Kier molecular flexibility index (Phi) is 7.08. The topological polar surface area (TPSA) is 26.3 Å². The SMILES string of the molecule is CCCCCC12CCC(C3CCC(C(=O)OCCCC)CC3)(CC1)CC2. The Morgan fingerprint density at radius 3 is 2.04 bits per heavy atom. The molecule has 150 valence electrons. The number of hydrogen-bond donors (Lipinski definition) is 0. The number of hydrogen-bond acceptors (Lipinski definition) is 2. The number of ether oxygens (including phenoxy) is 1.